The van der Waals surface area contributed by atoms with Crippen LogP contribution in [-0.4, -0.2) is 41.4 Å². The summed E-state index contributed by atoms with van der Waals surface area (Å²) in [4.78, 5) is 111. The standard InChI is InChI=1S/C59H58O12/c1-54-32-34-59(53(66)71-41-46-26-15-6-16-27-46)57(51(64)69-39-44-22-11-4-12-23-44)31-29-47(60)36-55(57,49(62)67-37-42-18-7-2-8-19-42)33-35-58(59,52(65)70-40-45-24-13-5-14-25-45)56(54,30-17-28-48(54)61)50(63)68-38-43-20-9-3-10-21-43/h2-16,18-27H,17,28-41H2,1H3/t54-,55?,56?,57?,58?,59?/m1/s1. The van der Waals surface area contributed by atoms with Crippen LogP contribution < -0.4 is 0 Å². The predicted molar refractivity (Wildman–Crippen MR) is 258 cm³/mol. The van der Waals surface area contributed by atoms with Crippen LogP contribution in [-0.2, 0) is 90.3 Å². The Hall–Kier alpha value is -7.21. The number of hydrogen-bond acceptors (Lipinski definition) is 12. The second kappa shape index (κ2) is 19.9. The lowest BCUT2D eigenvalue weighted by molar-refractivity contribution is -0.299. The molecule has 71 heavy (non-hydrogen) atoms. The van der Waals surface area contributed by atoms with Crippen molar-refractivity contribution < 1.29 is 57.2 Å². The lowest BCUT2D eigenvalue weighted by Crippen LogP contribution is -2.83. The molecule has 12 heteroatoms. The van der Waals surface area contributed by atoms with Gasteiger partial charge in [0.25, 0.3) is 0 Å². The fraction of sp³-hybridized carbons (Fsp3) is 0.373. The number of carbonyl (C=O) groups is 7. The summed E-state index contributed by atoms with van der Waals surface area (Å²) >= 11 is 0. The number of fused-ring (bicyclic) bond motifs is 5. The number of ether oxygens (including phenoxy) is 5. The highest BCUT2D eigenvalue weighted by atomic mass is 16.6. The first kappa shape index (κ1) is 48.8. The van der Waals surface area contributed by atoms with Gasteiger partial charge in [0.05, 0.1) is 10.8 Å². The molecule has 0 aromatic heterocycles. The summed E-state index contributed by atoms with van der Waals surface area (Å²) in [6.45, 7) is 0.196. The molecule has 9 rings (SSSR count). The number of Topliss-reactive ketones (excluding diaryl/α,β-unsaturated/α-hetero) is 2. The third kappa shape index (κ3) is 7.95. The second-order valence-electron chi connectivity index (χ2n) is 19.8. The second-order valence-corrected chi connectivity index (χ2v) is 19.8. The van der Waals surface area contributed by atoms with E-state index in [0.29, 0.717) is 27.8 Å². The van der Waals surface area contributed by atoms with Crippen LogP contribution in [0.25, 0.3) is 0 Å². The van der Waals surface area contributed by atoms with E-state index in [1.54, 1.807) is 140 Å². The van der Waals surface area contributed by atoms with Crippen molar-refractivity contribution in [2.75, 3.05) is 0 Å². The molecule has 0 saturated heterocycles. The van der Waals surface area contributed by atoms with Gasteiger partial charge in [-0.05, 0) is 72.8 Å². The number of esters is 5. The summed E-state index contributed by atoms with van der Waals surface area (Å²) in [7, 11) is 0. The number of rotatable bonds is 15. The highest BCUT2D eigenvalue weighted by Gasteiger charge is 2.92. The molecule has 0 aliphatic heterocycles. The van der Waals surface area contributed by atoms with Crippen molar-refractivity contribution in [3.05, 3.63) is 179 Å². The normalized spacial score (nSPS) is 27.6. The van der Waals surface area contributed by atoms with Crippen LogP contribution in [0, 0.1) is 32.5 Å². The van der Waals surface area contributed by atoms with Gasteiger partial charge in [-0.2, -0.15) is 0 Å². The van der Waals surface area contributed by atoms with Crippen LogP contribution in [0.2, 0.25) is 0 Å². The van der Waals surface area contributed by atoms with Gasteiger partial charge in [0.15, 0.2) is 0 Å². The minimum atomic E-state index is -2.55. The maximum absolute atomic E-state index is 16.7. The van der Waals surface area contributed by atoms with Crippen molar-refractivity contribution in [1.82, 2.24) is 0 Å². The van der Waals surface area contributed by atoms with E-state index in [9.17, 15) is 4.79 Å². The molecular weight excluding hydrogens is 901 g/mol. The Bertz CT molecular complexity index is 2780. The topological polar surface area (TPSA) is 166 Å². The van der Waals surface area contributed by atoms with Crippen molar-refractivity contribution in [3.8, 4) is 0 Å². The SMILES string of the molecule is C[C@]12CCC3(C(=O)OCc4ccccc4)C4(C(=O)OCc5ccccc5)CCC(=O)CC4(C(=O)OCc4ccccc4)CCC3(C(=O)OCc3ccccc3)C1(C(=O)OCc1ccccc1)CCCC2=O. The molecule has 4 aliphatic rings. The molecule has 4 fully saturated rings. The van der Waals surface area contributed by atoms with Gasteiger partial charge in [0.1, 0.15) is 60.8 Å². The molecule has 0 heterocycles. The van der Waals surface area contributed by atoms with Crippen molar-refractivity contribution in [3.63, 3.8) is 0 Å². The molecule has 0 N–H and O–H groups in total. The van der Waals surface area contributed by atoms with Gasteiger partial charge in [0.2, 0.25) is 0 Å². The van der Waals surface area contributed by atoms with Crippen molar-refractivity contribution in [2.24, 2.45) is 32.5 Å². The molecule has 5 unspecified atom stereocenters. The van der Waals surface area contributed by atoms with Gasteiger partial charge in [-0.25, -0.2) is 0 Å². The first-order valence-electron chi connectivity index (χ1n) is 24.5. The van der Waals surface area contributed by atoms with Gasteiger partial charge in [-0.15, -0.1) is 0 Å². The van der Waals surface area contributed by atoms with Gasteiger partial charge in [-0.3, -0.25) is 33.6 Å². The molecule has 366 valence electrons. The van der Waals surface area contributed by atoms with Crippen molar-refractivity contribution in [2.45, 2.75) is 104 Å². The van der Waals surface area contributed by atoms with Crippen molar-refractivity contribution in [1.29, 1.82) is 0 Å². The molecule has 0 radical (unpaired) electrons. The molecule has 12 nitrogen and oxygen atoms in total. The minimum absolute atomic E-state index is 0.0688. The summed E-state index contributed by atoms with van der Waals surface area (Å²) in [5, 5.41) is 0. The smallest absolute Gasteiger partial charge is 0.314 e. The fourth-order valence-electron chi connectivity index (χ4n) is 13.3. The van der Waals surface area contributed by atoms with E-state index >= 15 is 28.8 Å². The maximum Gasteiger partial charge on any atom is 0.314 e. The fourth-order valence-corrected chi connectivity index (χ4v) is 13.3. The highest BCUT2D eigenvalue weighted by Crippen LogP contribution is 2.83. The third-order valence-corrected chi connectivity index (χ3v) is 16.6. The number of ketones is 2. The molecule has 5 aromatic carbocycles. The molecular formula is C59H58O12. The van der Waals surface area contributed by atoms with E-state index in [0.717, 1.165) is 0 Å². The largest absolute Gasteiger partial charge is 0.460 e. The van der Waals surface area contributed by atoms with Crippen LogP contribution in [0.3, 0.4) is 0 Å². The summed E-state index contributed by atoms with van der Waals surface area (Å²) in [5.74, 6) is -5.70. The van der Waals surface area contributed by atoms with Gasteiger partial charge >= 0.3 is 29.8 Å². The Balaban J connectivity index is 1.34. The molecule has 4 aliphatic carbocycles. The zero-order chi connectivity index (χ0) is 49.7. The zero-order valence-corrected chi connectivity index (χ0v) is 39.9. The molecule has 0 bridgehead atoms. The maximum atomic E-state index is 16.7. The first-order chi connectivity index (χ1) is 34.4. The third-order valence-electron chi connectivity index (χ3n) is 16.6. The van der Waals surface area contributed by atoms with E-state index in [4.69, 9.17) is 23.7 Å². The summed E-state index contributed by atoms with van der Waals surface area (Å²) in [5.41, 5.74) is -10.5. The summed E-state index contributed by atoms with van der Waals surface area (Å²) in [6, 6.07) is 44.5. The summed E-state index contributed by atoms with van der Waals surface area (Å²) in [6.07, 6.45) is -2.79. The Morgan fingerprint density at radius 1 is 0.380 bits per heavy atom. The Labute approximate surface area is 413 Å². The van der Waals surface area contributed by atoms with Crippen LogP contribution >= 0.6 is 0 Å². The summed E-state index contributed by atoms with van der Waals surface area (Å²) < 4.78 is 32.0. The Kier molecular flexibility index (Phi) is 13.7. The van der Waals surface area contributed by atoms with Crippen molar-refractivity contribution >= 4 is 41.4 Å². The van der Waals surface area contributed by atoms with E-state index in [1.807, 2.05) is 18.2 Å². The molecule has 6 atom stereocenters. The number of carbonyl (C=O) groups excluding carboxylic acids is 7. The Morgan fingerprint density at radius 2 is 0.718 bits per heavy atom. The average molecular weight is 959 g/mol. The van der Waals surface area contributed by atoms with Crippen LogP contribution in [0.1, 0.15) is 98.9 Å². The molecule has 0 spiro atoms. The Morgan fingerprint density at radius 3 is 1.13 bits per heavy atom. The quantitative estimate of drug-likeness (QED) is 0.0722. The van der Waals surface area contributed by atoms with Crippen LogP contribution in [0.4, 0.5) is 0 Å². The number of benzene rings is 5. The highest BCUT2D eigenvalue weighted by molar-refractivity contribution is 6.07. The van der Waals surface area contributed by atoms with E-state index in [-0.39, 0.29) is 76.7 Å². The van der Waals surface area contributed by atoms with E-state index in [1.165, 1.54) is 0 Å². The lowest BCUT2D eigenvalue weighted by atomic mass is 9.24. The number of hydrogen-bond donors (Lipinski definition) is 0. The molecule has 5 aromatic rings. The zero-order valence-electron chi connectivity index (χ0n) is 39.9. The first-order valence-corrected chi connectivity index (χ1v) is 24.5. The van der Waals surface area contributed by atoms with Gasteiger partial charge in [-0.1, -0.05) is 159 Å². The monoisotopic (exact) mass is 958 g/mol. The predicted octanol–water partition coefficient (Wildman–Crippen LogP) is 9.74. The van der Waals surface area contributed by atoms with Gasteiger partial charge in [0, 0.05) is 24.7 Å². The molecule has 0 amide bonds. The van der Waals surface area contributed by atoms with Crippen LogP contribution in [0.15, 0.2) is 152 Å². The van der Waals surface area contributed by atoms with E-state index in [2.05, 4.69) is 0 Å². The van der Waals surface area contributed by atoms with E-state index < -0.39 is 94.4 Å². The van der Waals surface area contributed by atoms with Crippen LogP contribution in [0.5, 0.6) is 0 Å². The molecule has 4 saturated carbocycles. The minimum Gasteiger partial charge on any atom is -0.460 e. The van der Waals surface area contributed by atoms with Gasteiger partial charge < -0.3 is 23.7 Å². The average Bonchev–Trinajstić information content (AvgIpc) is 3.41. The lowest BCUT2D eigenvalue weighted by Gasteiger charge is -2.74.